The molecule has 1 heterocycles. The molecule has 0 fully saturated rings. The molecule has 0 bridgehead atoms. The molecule has 1 aromatic heterocycles. The predicted octanol–water partition coefficient (Wildman–Crippen LogP) is 0.385. The number of ether oxygens (including phenoxy) is 1. The molecule has 0 aliphatic carbocycles. The van der Waals surface area contributed by atoms with Gasteiger partial charge in [0.15, 0.2) is 0 Å². The van der Waals surface area contributed by atoms with Crippen LogP contribution in [-0.4, -0.2) is 32.8 Å². The minimum atomic E-state index is -0.809. The zero-order chi connectivity index (χ0) is 12.3. The van der Waals surface area contributed by atoms with Gasteiger partial charge in [0.25, 0.3) is 0 Å². The number of carbonyl (C=O) groups is 1. The second-order valence-corrected chi connectivity index (χ2v) is 3.87. The summed E-state index contributed by atoms with van der Waals surface area (Å²) in [6.45, 7) is 3.49. The number of rotatable bonds is 4. The Morgan fingerprint density at radius 1 is 1.69 bits per heavy atom. The summed E-state index contributed by atoms with van der Waals surface area (Å²) in [5.41, 5.74) is -0.809. The highest BCUT2D eigenvalue weighted by Gasteiger charge is 2.31. The van der Waals surface area contributed by atoms with Crippen molar-refractivity contribution in [3.8, 4) is 0 Å². The Kier molecular flexibility index (Phi) is 3.21. The van der Waals surface area contributed by atoms with Crippen LogP contribution in [0, 0.1) is 15.5 Å². The van der Waals surface area contributed by atoms with Crippen molar-refractivity contribution in [2.45, 2.75) is 20.4 Å². The highest BCUT2D eigenvalue weighted by molar-refractivity contribution is 5.75. The maximum Gasteiger partial charge on any atom is 0.490 e. The first kappa shape index (κ1) is 12.1. The molecule has 0 spiro atoms. The third-order valence-electron chi connectivity index (χ3n) is 1.98. The molecule has 0 unspecified atom stereocenters. The van der Waals surface area contributed by atoms with Gasteiger partial charge in [0.1, 0.15) is 0 Å². The Morgan fingerprint density at radius 3 is 2.75 bits per heavy atom. The van der Waals surface area contributed by atoms with Gasteiger partial charge in [-0.15, -0.1) is 0 Å². The minimum absolute atomic E-state index is 0.167. The summed E-state index contributed by atoms with van der Waals surface area (Å²) in [6.07, 6.45) is 1.21. The summed E-state index contributed by atoms with van der Waals surface area (Å²) in [5.74, 6) is -0.897. The molecular formula is C8H12N4O4. The first-order chi connectivity index (χ1) is 7.36. The van der Waals surface area contributed by atoms with Gasteiger partial charge in [-0.05, 0) is 18.8 Å². The van der Waals surface area contributed by atoms with Gasteiger partial charge in [0.05, 0.1) is 19.1 Å². The number of hydrogen-bond acceptors (Lipinski definition) is 6. The van der Waals surface area contributed by atoms with Crippen LogP contribution in [0.1, 0.15) is 13.8 Å². The lowest BCUT2D eigenvalue weighted by atomic mass is 9.94. The molecular weight excluding hydrogens is 216 g/mol. The fourth-order valence-electron chi connectivity index (χ4n) is 1.19. The second kappa shape index (κ2) is 4.25. The molecule has 0 radical (unpaired) electrons. The molecule has 0 atom stereocenters. The Balaban J connectivity index is 2.80. The Hall–Kier alpha value is -1.99. The standard InChI is InChI=1S/C8H12N4O4/c1-8(2,6(13)16-3)4-11-5-9-7(10-11)12(14)15/h5H,4H2,1-3H3. The van der Waals surface area contributed by atoms with Crippen molar-refractivity contribution in [1.29, 1.82) is 0 Å². The van der Waals surface area contributed by atoms with Crippen LogP contribution in [-0.2, 0) is 16.1 Å². The van der Waals surface area contributed by atoms with E-state index in [0.717, 1.165) is 0 Å². The Morgan fingerprint density at radius 2 is 2.31 bits per heavy atom. The molecule has 8 heteroatoms. The predicted molar refractivity (Wildman–Crippen MR) is 52.5 cm³/mol. The van der Waals surface area contributed by atoms with Crippen LogP contribution >= 0.6 is 0 Å². The van der Waals surface area contributed by atoms with E-state index in [1.807, 2.05) is 0 Å². The van der Waals surface area contributed by atoms with E-state index in [0.29, 0.717) is 0 Å². The molecule has 0 aliphatic rings. The number of methoxy groups -OCH3 is 1. The quantitative estimate of drug-likeness (QED) is 0.419. The van der Waals surface area contributed by atoms with E-state index in [1.165, 1.54) is 18.1 Å². The lowest BCUT2D eigenvalue weighted by Gasteiger charge is -2.19. The number of esters is 1. The average molecular weight is 228 g/mol. The summed E-state index contributed by atoms with van der Waals surface area (Å²) < 4.78 is 5.85. The molecule has 1 aromatic rings. The van der Waals surface area contributed by atoms with Gasteiger partial charge < -0.3 is 14.9 Å². The van der Waals surface area contributed by atoms with Crippen molar-refractivity contribution >= 4 is 11.9 Å². The fraction of sp³-hybridized carbons (Fsp3) is 0.625. The summed E-state index contributed by atoms with van der Waals surface area (Å²) in [5, 5.41) is 14.0. The van der Waals surface area contributed by atoms with Crippen molar-refractivity contribution in [2.75, 3.05) is 7.11 Å². The van der Waals surface area contributed by atoms with E-state index >= 15 is 0 Å². The van der Waals surface area contributed by atoms with Crippen LogP contribution in [0.2, 0.25) is 0 Å². The molecule has 0 aromatic carbocycles. The number of aromatic nitrogens is 3. The number of hydrogen-bond donors (Lipinski definition) is 0. The number of carbonyl (C=O) groups excluding carboxylic acids is 1. The molecule has 0 saturated heterocycles. The van der Waals surface area contributed by atoms with E-state index in [-0.39, 0.29) is 6.54 Å². The number of nitrogens with zero attached hydrogens (tertiary/aromatic N) is 4. The number of nitro groups is 1. The van der Waals surface area contributed by atoms with Gasteiger partial charge in [-0.25, -0.2) is 0 Å². The smallest absolute Gasteiger partial charge is 0.469 e. The van der Waals surface area contributed by atoms with Crippen molar-refractivity contribution in [2.24, 2.45) is 5.41 Å². The van der Waals surface area contributed by atoms with Crippen LogP contribution < -0.4 is 0 Å². The zero-order valence-corrected chi connectivity index (χ0v) is 9.21. The Bertz CT molecular complexity index is 412. The average Bonchev–Trinajstić information content (AvgIpc) is 2.64. The second-order valence-electron chi connectivity index (χ2n) is 3.87. The minimum Gasteiger partial charge on any atom is -0.469 e. The van der Waals surface area contributed by atoms with E-state index in [9.17, 15) is 14.9 Å². The molecule has 88 valence electrons. The third-order valence-corrected chi connectivity index (χ3v) is 1.98. The lowest BCUT2D eigenvalue weighted by molar-refractivity contribution is -0.394. The molecule has 0 aliphatic heterocycles. The van der Waals surface area contributed by atoms with Gasteiger partial charge in [0, 0.05) is 5.10 Å². The fourth-order valence-corrected chi connectivity index (χ4v) is 1.19. The summed E-state index contributed by atoms with van der Waals surface area (Å²) in [6, 6.07) is 0. The van der Waals surface area contributed by atoms with Crippen molar-refractivity contribution in [3.05, 3.63) is 16.4 Å². The normalized spacial score (nSPS) is 11.2. The van der Waals surface area contributed by atoms with Crippen LogP contribution in [0.4, 0.5) is 5.95 Å². The van der Waals surface area contributed by atoms with Crippen molar-refractivity contribution in [1.82, 2.24) is 14.8 Å². The molecule has 8 nitrogen and oxygen atoms in total. The van der Waals surface area contributed by atoms with E-state index in [4.69, 9.17) is 0 Å². The molecule has 16 heavy (non-hydrogen) atoms. The van der Waals surface area contributed by atoms with Crippen molar-refractivity contribution < 1.29 is 14.5 Å². The zero-order valence-electron chi connectivity index (χ0n) is 9.21. The largest absolute Gasteiger partial charge is 0.490 e. The maximum absolute atomic E-state index is 11.4. The van der Waals surface area contributed by atoms with E-state index in [2.05, 4.69) is 14.8 Å². The maximum atomic E-state index is 11.4. The van der Waals surface area contributed by atoms with Crippen LogP contribution in [0.3, 0.4) is 0 Å². The van der Waals surface area contributed by atoms with Crippen LogP contribution in [0.25, 0.3) is 0 Å². The first-order valence-electron chi connectivity index (χ1n) is 4.49. The van der Waals surface area contributed by atoms with Gasteiger partial charge in [-0.3, -0.25) is 4.79 Å². The molecule has 0 amide bonds. The first-order valence-corrected chi connectivity index (χ1v) is 4.49. The Labute approximate surface area is 91.4 Å². The summed E-state index contributed by atoms with van der Waals surface area (Å²) in [7, 11) is 1.29. The van der Waals surface area contributed by atoms with E-state index in [1.54, 1.807) is 13.8 Å². The van der Waals surface area contributed by atoms with Gasteiger partial charge in [-0.2, -0.15) is 4.68 Å². The summed E-state index contributed by atoms with van der Waals surface area (Å²) in [4.78, 5) is 24.5. The monoisotopic (exact) mass is 228 g/mol. The van der Waals surface area contributed by atoms with Gasteiger partial charge in [0.2, 0.25) is 6.33 Å². The molecule has 0 saturated carbocycles. The van der Waals surface area contributed by atoms with Crippen LogP contribution in [0.5, 0.6) is 0 Å². The van der Waals surface area contributed by atoms with Gasteiger partial charge >= 0.3 is 11.9 Å². The van der Waals surface area contributed by atoms with Crippen molar-refractivity contribution in [3.63, 3.8) is 0 Å². The third kappa shape index (κ3) is 2.53. The molecule has 0 N–H and O–H groups in total. The summed E-state index contributed by atoms with van der Waals surface area (Å²) >= 11 is 0. The lowest BCUT2D eigenvalue weighted by Crippen LogP contribution is -2.30. The molecule has 1 rings (SSSR count). The highest BCUT2D eigenvalue weighted by Crippen LogP contribution is 2.19. The highest BCUT2D eigenvalue weighted by atomic mass is 16.6. The van der Waals surface area contributed by atoms with Crippen LogP contribution in [0.15, 0.2) is 6.33 Å². The topological polar surface area (TPSA) is 100 Å². The van der Waals surface area contributed by atoms with E-state index < -0.39 is 22.3 Å². The SMILES string of the molecule is COC(=O)C(C)(C)Cn1cnc([N+](=O)[O-])n1. The van der Waals surface area contributed by atoms with Gasteiger partial charge in [-0.1, -0.05) is 4.98 Å².